The highest BCUT2D eigenvalue weighted by molar-refractivity contribution is 5.63. The number of azo groups is 1. The van der Waals surface area contributed by atoms with E-state index in [0.717, 1.165) is 22.7 Å². The Morgan fingerprint density at radius 1 is 1.09 bits per heavy atom. The third-order valence-electron chi connectivity index (χ3n) is 3.07. The molecule has 0 fully saturated rings. The third kappa shape index (κ3) is 5.80. The van der Waals surface area contributed by atoms with Crippen LogP contribution in [-0.2, 0) is 0 Å². The number of nitrogens with two attached hydrogens (primary N) is 2. The summed E-state index contributed by atoms with van der Waals surface area (Å²) < 4.78 is 0. The Labute approximate surface area is 136 Å². The number of nitrogens with one attached hydrogen (secondary N) is 1. The van der Waals surface area contributed by atoms with E-state index >= 15 is 0 Å². The second kappa shape index (κ2) is 8.55. The van der Waals surface area contributed by atoms with Gasteiger partial charge in [-0.2, -0.15) is 10.2 Å². The Bertz CT molecular complexity index is 646. The van der Waals surface area contributed by atoms with Crippen molar-refractivity contribution in [2.24, 2.45) is 10.2 Å². The van der Waals surface area contributed by atoms with E-state index in [0.29, 0.717) is 6.67 Å². The van der Waals surface area contributed by atoms with Crippen LogP contribution in [0.5, 0.6) is 0 Å². The first-order valence-electron chi connectivity index (χ1n) is 7.44. The molecular weight excluding hydrogens is 288 g/mol. The van der Waals surface area contributed by atoms with E-state index in [1.807, 2.05) is 85.2 Å². The summed E-state index contributed by atoms with van der Waals surface area (Å²) in [5.74, 6) is 0. The molecule has 6 heteroatoms. The minimum atomic E-state index is 0.524. The Balaban J connectivity index is 1.89. The lowest BCUT2D eigenvalue weighted by atomic mass is 10.2. The number of rotatable bonds is 7. The van der Waals surface area contributed by atoms with Crippen LogP contribution >= 0.6 is 0 Å². The Kier molecular flexibility index (Phi) is 6.14. The van der Waals surface area contributed by atoms with E-state index < -0.39 is 0 Å². The third-order valence-corrected chi connectivity index (χ3v) is 3.07. The van der Waals surface area contributed by atoms with Gasteiger partial charge in [-0.3, -0.25) is 0 Å². The first-order chi connectivity index (χ1) is 11.2. The molecular formula is C17H23N6+. The van der Waals surface area contributed by atoms with Crippen LogP contribution in [0.2, 0.25) is 0 Å². The molecule has 6 nitrogen and oxygen atoms in total. The maximum Gasteiger partial charge on any atom is 0.131 e. The molecule has 0 unspecified atom stereocenters. The summed E-state index contributed by atoms with van der Waals surface area (Å²) in [6.07, 6.45) is 3.92. The molecule has 0 aliphatic rings. The van der Waals surface area contributed by atoms with Crippen LogP contribution in [0.3, 0.4) is 0 Å². The van der Waals surface area contributed by atoms with Gasteiger partial charge < -0.3 is 21.3 Å². The van der Waals surface area contributed by atoms with Crippen molar-refractivity contribution in [2.75, 3.05) is 31.8 Å². The normalized spacial score (nSPS) is 11.2. The fourth-order valence-electron chi connectivity index (χ4n) is 1.84. The molecule has 0 spiro atoms. The number of quaternary nitrogens is 1. The summed E-state index contributed by atoms with van der Waals surface area (Å²) >= 11 is 0. The zero-order valence-corrected chi connectivity index (χ0v) is 13.5. The molecule has 0 radical (unpaired) electrons. The maximum atomic E-state index is 5.67. The van der Waals surface area contributed by atoms with Gasteiger partial charge in [0.25, 0.3) is 0 Å². The minimum Gasteiger partial charge on any atom is -0.399 e. The van der Waals surface area contributed by atoms with Crippen molar-refractivity contribution < 1.29 is 5.32 Å². The minimum absolute atomic E-state index is 0.524. The van der Waals surface area contributed by atoms with Crippen LogP contribution in [-0.4, -0.2) is 25.7 Å². The van der Waals surface area contributed by atoms with Gasteiger partial charge in [0.05, 0.1) is 18.9 Å². The summed E-state index contributed by atoms with van der Waals surface area (Å²) in [7, 11) is 3.94. The van der Waals surface area contributed by atoms with Crippen molar-refractivity contribution in [3.8, 4) is 0 Å². The van der Waals surface area contributed by atoms with Crippen LogP contribution in [0.1, 0.15) is 0 Å². The largest absolute Gasteiger partial charge is 0.399 e. The molecule has 0 aliphatic carbocycles. The molecule has 0 saturated carbocycles. The average Bonchev–Trinajstić information content (AvgIpc) is 2.56. The summed E-state index contributed by atoms with van der Waals surface area (Å²) in [5, 5.41) is 13.7. The molecule has 0 atom stereocenters. The molecule has 120 valence electrons. The lowest BCUT2D eigenvalue weighted by Crippen LogP contribution is -2.72. The number of anilines is 3. The quantitative estimate of drug-likeness (QED) is 0.543. The smallest absolute Gasteiger partial charge is 0.131 e. The Morgan fingerprint density at radius 2 is 1.70 bits per heavy atom. The Hall–Kier alpha value is -2.86. The predicted molar refractivity (Wildman–Crippen MR) is 94.7 cm³/mol. The van der Waals surface area contributed by atoms with Gasteiger partial charge in [-0.25, -0.2) is 0 Å². The van der Waals surface area contributed by atoms with Gasteiger partial charge in [0.15, 0.2) is 0 Å². The van der Waals surface area contributed by atoms with Crippen LogP contribution in [0.15, 0.2) is 71.2 Å². The van der Waals surface area contributed by atoms with Gasteiger partial charge in [-0.15, -0.1) is 0 Å². The molecule has 0 heterocycles. The maximum absolute atomic E-state index is 5.67. The number of nitrogen functional groups attached to an aromatic ring is 1. The van der Waals surface area contributed by atoms with E-state index in [-0.39, 0.29) is 0 Å². The first kappa shape index (κ1) is 16.5. The zero-order valence-electron chi connectivity index (χ0n) is 13.5. The van der Waals surface area contributed by atoms with Gasteiger partial charge in [0, 0.05) is 24.1 Å². The highest BCUT2D eigenvalue weighted by Crippen LogP contribution is 2.21. The monoisotopic (exact) mass is 311 g/mol. The van der Waals surface area contributed by atoms with Gasteiger partial charge in [-0.05, 0) is 48.5 Å². The standard InChI is InChI=1S/C17H22N6/c1-19-11-12-23(2)13-20-22-17-9-7-16(8-10-17)21-15-5-3-14(18)4-6-15/h3-12,19,21H,13,18H2,1-2H3/p+1. The second-order valence-corrected chi connectivity index (χ2v) is 5.11. The molecule has 2 rings (SSSR count). The number of nitrogens with zero attached hydrogens (tertiary/aromatic N) is 3. The number of hydrogen-bond acceptors (Lipinski definition) is 5. The van der Waals surface area contributed by atoms with E-state index in [4.69, 9.17) is 5.73 Å². The fourth-order valence-corrected chi connectivity index (χ4v) is 1.84. The van der Waals surface area contributed by atoms with Crippen LogP contribution in [0.4, 0.5) is 22.7 Å². The lowest BCUT2D eigenvalue weighted by molar-refractivity contribution is -0.557. The molecule has 0 amide bonds. The molecule has 23 heavy (non-hydrogen) atoms. The van der Waals surface area contributed by atoms with Crippen molar-refractivity contribution >= 4 is 22.7 Å². The van der Waals surface area contributed by atoms with E-state index in [1.54, 1.807) is 0 Å². The number of benzene rings is 2. The average molecular weight is 311 g/mol. The van der Waals surface area contributed by atoms with Gasteiger partial charge in [-0.1, -0.05) is 0 Å². The molecule has 0 saturated heterocycles. The van der Waals surface area contributed by atoms with Crippen molar-refractivity contribution in [3.63, 3.8) is 0 Å². The molecule has 0 aliphatic heterocycles. The summed E-state index contributed by atoms with van der Waals surface area (Å²) in [6, 6.07) is 15.4. The summed E-state index contributed by atoms with van der Waals surface area (Å²) in [6.45, 7) is 0.524. The van der Waals surface area contributed by atoms with Crippen LogP contribution < -0.4 is 16.4 Å². The van der Waals surface area contributed by atoms with Gasteiger partial charge in [0.2, 0.25) is 0 Å². The molecule has 2 aromatic carbocycles. The summed E-state index contributed by atoms with van der Waals surface area (Å²) in [5.41, 5.74) is 9.24. The topological polar surface area (TPSA) is 82.6 Å². The molecule has 5 N–H and O–H groups in total. The molecule has 0 bridgehead atoms. The van der Waals surface area contributed by atoms with Crippen molar-refractivity contribution in [1.29, 1.82) is 0 Å². The van der Waals surface area contributed by atoms with E-state index in [2.05, 4.69) is 15.5 Å². The van der Waals surface area contributed by atoms with Crippen LogP contribution in [0.25, 0.3) is 0 Å². The summed E-state index contributed by atoms with van der Waals surface area (Å²) in [4.78, 5) is 1.96. The van der Waals surface area contributed by atoms with Gasteiger partial charge in [0.1, 0.15) is 12.9 Å². The molecule has 0 aromatic heterocycles. The zero-order chi connectivity index (χ0) is 16.5. The van der Waals surface area contributed by atoms with Crippen LogP contribution in [0, 0.1) is 0 Å². The highest BCUT2D eigenvalue weighted by Gasteiger charge is 1.96. The number of hydrogen-bond donors (Lipinski definition) is 3. The fraction of sp³-hybridized carbons (Fsp3) is 0.176. The lowest BCUT2D eigenvalue weighted by Gasteiger charge is -2.08. The van der Waals surface area contributed by atoms with Crippen molar-refractivity contribution in [3.05, 3.63) is 60.9 Å². The van der Waals surface area contributed by atoms with Crippen molar-refractivity contribution in [2.45, 2.75) is 0 Å². The van der Waals surface area contributed by atoms with Gasteiger partial charge >= 0.3 is 0 Å². The Morgan fingerprint density at radius 3 is 2.30 bits per heavy atom. The highest BCUT2D eigenvalue weighted by atomic mass is 15.2. The van der Waals surface area contributed by atoms with E-state index in [1.165, 1.54) is 0 Å². The SMILES string of the molecule is C[NH2+]C=CN(C)CN=Nc1ccc(Nc2ccc(N)cc2)cc1. The van der Waals surface area contributed by atoms with E-state index in [9.17, 15) is 0 Å². The predicted octanol–water partition coefficient (Wildman–Crippen LogP) is 2.65. The first-order valence-corrected chi connectivity index (χ1v) is 7.44. The second-order valence-electron chi connectivity index (χ2n) is 5.11. The molecule has 2 aromatic rings. The van der Waals surface area contributed by atoms with Crippen molar-refractivity contribution in [1.82, 2.24) is 4.90 Å².